The van der Waals surface area contributed by atoms with Crippen LogP contribution in [0.15, 0.2) is 24.3 Å². The molecule has 0 radical (unpaired) electrons. The third-order valence-electron chi connectivity index (χ3n) is 6.58. The number of aryl methyl sites for hydroxylation is 1. The van der Waals surface area contributed by atoms with Gasteiger partial charge in [0.05, 0.1) is 4.87 Å². The molecule has 3 rings (SSSR count). The summed E-state index contributed by atoms with van der Waals surface area (Å²) in [6, 6.07) is 7.90. The first-order chi connectivity index (χ1) is 14.6. The molecule has 2 saturated heterocycles. The lowest BCUT2D eigenvalue weighted by Crippen LogP contribution is -2.53. The average Bonchev–Trinajstić information content (AvgIpc) is 3.15. The van der Waals surface area contributed by atoms with E-state index in [0.29, 0.717) is 12.3 Å². The SMILES string of the molecule is CCCCCCCCCC(=O)N1CCC2(CC1)SCCN2C(=O)c1cccc(C)c1. The topological polar surface area (TPSA) is 40.6 Å². The number of carbonyl (C=O) groups is 2. The number of rotatable bonds is 9. The van der Waals surface area contributed by atoms with Crippen LogP contribution in [0.2, 0.25) is 0 Å². The van der Waals surface area contributed by atoms with Crippen molar-refractivity contribution < 1.29 is 9.59 Å². The molecule has 0 unspecified atom stereocenters. The summed E-state index contributed by atoms with van der Waals surface area (Å²) < 4.78 is 0. The Kier molecular flexibility index (Phi) is 8.67. The molecule has 2 heterocycles. The second kappa shape index (κ2) is 11.2. The van der Waals surface area contributed by atoms with Crippen molar-refractivity contribution in [1.29, 1.82) is 0 Å². The number of nitrogens with zero attached hydrogens (tertiary/aromatic N) is 2. The molecule has 0 saturated carbocycles. The van der Waals surface area contributed by atoms with E-state index in [1.54, 1.807) is 0 Å². The minimum Gasteiger partial charge on any atom is -0.342 e. The fourth-order valence-corrected chi connectivity index (χ4v) is 6.20. The van der Waals surface area contributed by atoms with Crippen LogP contribution in [-0.4, -0.2) is 51.9 Å². The highest BCUT2D eigenvalue weighted by atomic mass is 32.2. The van der Waals surface area contributed by atoms with Crippen molar-refractivity contribution in [2.24, 2.45) is 0 Å². The van der Waals surface area contributed by atoms with Gasteiger partial charge in [0, 0.05) is 37.4 Å². The highest BCUT2D eigenvalue weighted by molar-refractivity contribution is 8.00. The molecular formula is C25H38N2O2S. The molecule has 2 fully saturated rings. The van der Waals surface area contributed by atoms with Crippen molar-refractivity contribution >= 4 is 23.6 Å². The van der Waals surface area contributed by atoms with Gasteiger partial charge in [-0.05, 0) is 38.3 Å². The van der Waals surface area contributed by atoms with Gasteiger partial charge in [0.2, 0.25) is 5.91 Å². The van der Waals surface area contributed by atoms with Gasteiger partial charge in [0.15, 0.2) is 0 Å². The predicted molar refractivity (Wildman–Crippen MR) is 126 cm³/mol. The van der Waals surface area contributed by atoms with Gasteiger partial charge in [-0.3, -0.25) is 9.59 Å². The summed E-state index contributed by atoms with van der Waals surface area (Å²) in [7, 11) is 0. The van der Waals surface area contributed by atoms with Crippen molar-refractivity contribution in [3.63, 3.8) is 0 Å². The number of piperidine rings is 1. The summed E-state index contributed by atoms with van der Waals surface area (Å²) in [5.74, 6) is 1.44. The average molecular weight is 431 g/mol. The highest BCUT2D eigenvalue weighted by Crippen LogP contribution is 2.44. The van der Waals surface area contributed by atoms with Crippen molar-refractivity contribution in [2.45, 2.75) is 82.9 Å². The number of carbonyl (C=O) groups excluding carboxylic acids is 2. The zero-order valence-electron chi connectivity index (χ0n) is 18.8. The molecule has 2 amide bonds. The Morgan fingerprint density at radius 3 is 2.40 bits per heavy atom. The third-order valence-corrected chi connectivity index (χ3v) is 8.13. The molecule has 166 valence electrons. The van der Waals surface area contributed by atoms with E-state index >= 15 is 0 Å². The van der Waals surface area contributed by atoms with Gasteiger partial charge in [0.25, 0.3) is 5.91 Å². The van der Waals surface area contributed by atoms with E-state index in [1.165, 1.54) is 38.5 Å². The van der Waals surface area contributed by atoms with E-state index in [4.69, 9.17) is 0 Å². The minimum atomic E-state index is -0.128. The second-order valence-electron chi connectivity index (χ2n) is 8.87. The van der Waals surface area contributed by atoms with Crippen LogP contribution in [0.3, 0.4) is 0 Å². The predicted octanol–water partition coefficient (Wildman–Crippen LogP) is 5.64. The molecule has 2 aliphatic heterocycles. The largest absolute Gasteiger partial charge is 0.342 e. The fraction of sp³-hybridized carbons (Fsp3) is 0.680. The maximum atomic E-state index is 13.2. The van der Waals surface area contributed by atoms with Crippen molar-refractivity contribution in [1.82, 2.24) is 9.80 Å². The van der Waals surface area contributed by atoms with E-state index in [1.807, 2.05) is 47.9 Å². The first-order valence-electron chi connectivity index (χ1n) is 11.9. The number of likely N-dealkylation sites (tertiary alicyclic amines) is 1. The lowest BCUT2D eigenvalue weighted by Gasteiger charge is -2.44. The smallest absolute Gasteiger partial charge is 0.255 e. The second-order valence-corrected chi connectivity index (χ2v) is 10.3. The summed E-state index contributed by atoms with van der Waals surface area (Å²) >= 11 is 1.91. The van der Waals surface area contributed by atoms with Gasteiger partial charge >= 0.3 is 0 Å². The summed E-state index contributed by atoms with van der Waals surface area (Å²) in [4.78, 5) is 29.8. The standard InChI is InChI=1S/C25H38N2O2S/c1-3-4-5-6-7-8-9-13-23(28)26-16-14-25(15-17-26)27(18-19-30-25)24(29)22-12-10-11-21(2)20-22/h10-12,20H,3-9,13-19H2,1-2H3. The Morgan fingerprint density at radius 2 is 1.70 bits per heavy atom. The lowest BCUT2D eigenvalue weighted by molar-refractivity contribution is -0.132. The molecule has 1 spiro atoms. The van der Waals surface area contributed by atoms with Crippen LogP contribution < -0.4 is 0 Å². The summed E-state index contributed by atoms with van der Waals surface area (Å²) in [6.45, 7) is 6.63. The molecule has 0 atom stereocenters. The van der Waals surface area contributed by atoms with E-state index in [0.717, 1.165) is 55.8 Å². The van der Waals surface area contributed by atoms with Crippen LogP contribution in [0.1, 0.15) is 87.1 Å². The number of thioether (sulfide) groups is 1. The Morgan fingerprint density at radius 1 is 1.00 bits per heavy atom. The van der Waals surface area contributed by atoms with Crippen LogP contribution in [0.4, 0.5) is 0 Å². The molecule has 0 aliphatic carbocycles. The van der Waals surface area contributed by atoms with Gasteiger partial charge < -0.3 is 9.80 Å². The normalized spacial score (nSPS) is 18.2. The zero-order chi connectivity index (χ0) is 21.4. The number of hydrogen-bond acceptors (Lipinski definition) is 3. The minimum absolute atomic E-state index is 0.128. The first-order valence-corrected chi connectivity index (χ1v) is 12.8. The maximum Gasteiger partial charge on any atom is 0.255 e. The molecule has 0 bridgehead atoms. The van der Waals surface area contributed by atoms with Crippen LogP contribution in [0, 0.1) is 6.92 Å². The zero-order valence-corrected chi connectivity index (χ0v) is 19.6. The molecule has 1 aromatic rings. The molecule has 1 aromatic carbocycles. The Balaban J connectivity index is 1.46. The van der Waals surface area contributed by atoms with Crippen LogP contribution in [-0.2, 0) is 4.79 Å². The van der Waals surface area contributed by atoms with Gasteiger partial charge in [-0.1, -0.05) is 63.1 Å². The van der Waals surface area contributed by atoms with Crippen LogP contribution in [0.25, 0.3) is 0 Å². The lowest BCUT2D eigenvalue weighted by atomic mass is 10.00. The first kappa shape index (κ1) is 23.2. The van der Waals surface area contributed by atoms with E-state index < -0.39 is 0 Å². The number of hydrogen-bond donors (Lipinski definition) is 0. The maximum absolute atomic E-state index is 13.2. The van der Waals surface area contributed by atoms with Gasteiger partial charge in [-0.2, -0.15) is 0 Å². The van der Waals surface area contributed by atoms with E-state index in [2.05, 4.69) is 11.8 Å². The Labute approximate surface area is 186 Å². The molecule has 4 nitrogen and oxygen atoms in total. The van der Waals surface area contributed by atoms with Gasteiger partial charge in [-0.25, -0.2) is 0 Å². The summed E-state index contributed by atoms with van der Waals surface area (Å²) in [5, 5.41) is 0. The van der Waals surface area contributed by atoms with Crippen molar-refractivity contribution in [3.8, 4) is 0 Å². The number of unbranched alkanes of at least 4 members (excludes halogenated alkanes) is 6. The van der Waals surface area contributed by atoms with E-state index in [9.17, 15) is 9.59 Å². The fourth-order valence-electron chi connectivity index (χ4n) is 4.74. The van der Waals surface area contributed by atoms with Gasteiger partial charge in [0.1, 0.15) is 0 Å². The summed E-state index contributed by atoms with van der Waals surface area (Å²) in [6.07, 6.45) is 11.1. The number of benzene rings is 1. The third kappa shape index (κ3) is 5.81. The van der Waals surface area contributed by atoms with Crippen molar-refractivity contribution in [3.05, 3.63) is 35.4 Å². The quantitative estimate of drug-likeness (QED) is 0.476. The monoisotopic (exact) mass is 430 g/mol. The van der Waals surface area contributed by atoms with Crippen LogP contribution >= 0.6 is 11.8 Å². The highest BCUT2D eigenvalue weighted by Gasteiger charge is 2.46. The Bertz CT molecular complexity index is 713. The van der Waals surface area contributed by atoms with Gasteiger partial charge in [-0.15, -0.1) is 11.8 Å². The molecular weight excluding hydrogens is 392 g/mol. The molecule has 0 N–H and O–H groups in total. The molecule has 5 heteroatoms. The molecule has 30 heavy (non-hydrogen) atoms. The van der Waals surface area contributed by atoms with Crippen LogP contribution in [0.5, 0.6) is 0 Å². The number of amides is 2. The molecule has 2 aliphatic rings. The molecule has 0 aromatic heterocycles. The van der Waals surface area contributed by atoms with E-state index in [-0.39, 0.29) is 10.8 Å². The van der Waals surface area contributed by atoms with Crippen molar-refractivity contribution in [2.75, 3.05) is 25.4 Å². The Hall–Kier alpha value is -1.49. The summed E-state index contributed by atoms with van der Waals surface area (Å²) in [5.41, 5.74) is 1.90.